The third-order valence-electron chi connectivity index (χ3n) is 1.96. The van der Waals surface area contributed by atoms with Gasteiger partial charge in [-0.15, -0.1) is 0 Å². The Labute approximate surface area is 82.7 Å². The first-order valence-corrected chi connectivity index (χ1v) is 4.47. The van der Waals surface area contributed by atoms with E-state index in [-0.39, 0.29) is 12.4 Å². The maximum absolute atomic E-state index is 13.1. The second-order valence-electron chi connectivity index (χ2n) is 3.06. The minimum atomic E-state index is -0.262. The number of hydrogen-bond acceptors (Lipinski definition) is 2. The van der Waals surface area contributed by atoms with Crippen molar-refractivity contribution in [1.29, 1.82) is 0 Å². The SMILES string of the molecule is COCc1cc(CCC=O)ccc1F. The van der Waals surface area contributed by atoms with Crippen LogP contribution < -0.4 is 0 Å². The Bertz CT molecular complexity index is 310. The molecule has 14 heavy (non-hydrogen) atoms. The normalized spacial score (nSPS) is 10.1. The van der Waals surface area contributed by atoms with Crippen molar-refractivity contribution >= 4 is 6.29 Å². The molecule has 76 valence electrons. The van der Waals surface area contributed by atoms with Crippen molar-refractivity contribution in [2.45, 2.75) is 19.4 Å². The summed E-state index contributed by atoms with van der Waals surface area (Å²) < 4.78 is 18.0. The van der Waals surface area contributed by atoms with Crippen molar-refractivity contribution in [3.05, 3.63) is 35.1 Å². The van der Waals surface area contributed by atoms with Gasteiger partial charge in [0, 0.05) is 19.1 Å². The molecule has 0 bridgehead atoms. The Morgan fingerprint density at radius 2 is 2.29 bits per heavy atom. The quantitative estimate of drug-likeness (QED) is 0.674. The number of carbonyl (C=O) groups is 1. The van der Waals surface area contributed by atoms with E-state index in [1.165, 1.54) is 13.2 Å². The fraction of sp³-hybridized carbons (Fsp3) is 0.364. The van der Waals surface area contributed by atoms with Gasteiger partial charge in [-0.05, 0) is 18.1 Å². The van der Waals surface area contributed by atoms with Gasteiger partial charge in [-0.3, -0.25) is 0 Å². The van der Waals surface area contributed by atoms with Crippen LogP contribution in [0.5, 0.6) is 0 Å². The first-order valence-electron chi connectivity index (χ1n) is 4.47. The van der Waals surface area contributed by atoms with Gasteiger partial charge in [0.25, 0.3) is 0 Å². The first kappa shape index (κ1) is 10.9. The Morgan fingerprint density at radius 3 is 2.93 bits per heavy atom. The van der Waals surface area contributed by atoms with Gasteiger partial charge in [0.1, 0.15) is 12.1 Å². The zero-order valence-corrected chi connectivity index (χ0v) is 8.13. The lowest BCUT2D eigenvalue weighted by Gasteiger charge is -2.04. The first-order chi connectivity index (χ1) is 6.77. The van der Waals surface area contributed by atoms with Crippen LogP contribution in [0.4, 0.5) is 4.39 Å². The standard InChI is InChI=1S/C11H13FO2/c1-14-8-10-7-9(3-2-6-13)4-5-11(10)12/h4-7H,2-3,8H2,1H3. The van der Waals surface area contributed by atoms with Crippen molar-refractivity contribution in [2.24, 2.45) is 0 Å². The molecule has 0 heterocycles. The highest BCUT2D eigenvalue weighted by Gasteiger charge is 2.02. The van der Waals surface area contributed by atoms with Crippen LogP contribution in [0.2, 0.25) is 0 Å². The van der Waals surface area contributed by atoms with E-state index in [9.17, 15) is 9.18 Å². The molecule has 0 unspecified atom stereocenters. The van der Waals surface area contributed by atoms with Crippen molar-refractivity contribution in [3.8, 4) is 0 Å². The lowest BCUT2D eigenvalue weighted by Crippen LogP contribution is -1.95. The minimum absolute atomic E-state index is 0.262. The number of rotatable bonds is 5. The van der Waals surface area contributed by atoms with E-state index in [0.717, 1.165) is 11.8 Å². The predicted molar refractivity (Wildman–Crippen MR) is 51.5 cm³/mol. The maximum Gasteiger partial charge on any atom is 0.128 e. The smallest absolute Gasteiger partial charge is 0.128 e. The van der Waals surface area contributed by atoms with Crippen LogP contribution in [-0.2, 0) is 22.6 Å². The largest absolute Gasteiger partial charge is 0.380 e. The van der Waals surface area contributed by atoms with Crippen LogP contribution in [0.3, 0.4) is 0 Å². The van der Waals surface area contributed by atoms with E-state index in [2.05, 4.69) is 0 Å². The Hall–Kier alpha value is -1.22. The molecule has 0 amide bonds. The van der Waals surface area contributed by atoms with E-state index in [1.54, 1.807) is 12.1 Å². The number of halogens is 1. The summed E-state index contributed by atoms with van der Waals surface area (Å²) in [6.45, 7) is 0.265. The van der Waals surface area contributed by atoms with Gasteiger partial charge in [-0.25, -0.2) is 4.39 Å². The van der Waals surface area contributed by atoms with Crippen molar-refractivity contribution in [2.75, 3.05) is 7.11 Å². The number of carbonyl (C=O) groups excluding carboxylic acids is 1. The monoisotopic (exact) mass is 196 g/mol. The summed E-state index contributed by atoms with van der Waals surface area (Å²) in [7, 11) is 1.53. The average molecular weight is 196 g/mol. The topological polar surface area (TPSA) is 26.3 Å². The summed E-state index contributed by atoms with van der Waals surface area (Å²) in [5.74, 6) is -0.262. The molecule has 0 saturated heterocycles. The van der Waals surface area contributed by atoms with Gasteiger partial charge in [0.2, 0.25) is 0 Å². The van der Waals surface area contributed by atoms with Gasteiger partial charge < -0.3 is 9.53 Å². The third-order valence-corrected chi connectivity index (χ3v) is 1.96. The zero-order chi connectivity index (χ0) is 10.4. The molecule has 0 radical (unpaired) electrons. The molecule has 0 saturated carbocycles. The van der Waals surface area contributed by atoms with Crippen LogP contribution in [0.25, 0.3) is 0 Å². The van der Waals surface area contributed by atoms with Gasteiger partial charge in [-0.2, -0.15) is 0 Å². The molecule has 0 N–H and O–H groups in total. The summed E-state index contributed by atoms with van der Waals surface area (Å²) in [6.07, 6.45) is 1.98. The van der Waals surface area contributed by atoms with Crippen LogP contribution in [0.15, 0.2) is 18.2 Å². The predicted octanol–water partition coefficient (Wildman–Crippen LogP) is 2.10. The van der Waals surface area contributed by atoms with E-state index in [0.29, 0.717) is 18.4 Å². The van der Waals surface area contributed by atoms with E-state index >= 15 is 0 Å². The molecule has 0 atom stereocenters. The molecule has 0 aliphatic heterocycles. The molecule has 0 aliphatic carbocycles. The van der Waals surface area contributed by atoms with Gasteiger partial charge in [0.15, 0.2) is 0 Å². The molecule has 1 aromatic rings. The lowest BCUT2D eigenvalue weighted by molar-refractivity contribution is -0.107. The second-order valence-corrected chi connectivity index (χ2v) is 3.06. The number of methoxy groups -OCH3 is 1. The molecule has 0 aromatic heterocycles. The molecule has 1 aromatic carbocycles. The van der Waals surface area contributed by atoms with Gasteiger partial charge in [0.05, 0.1) is 6.61 Å². The fourth-order valence-corrected chi connectivity index (χ4v) is 1.28. The van der Waals surface area contributed by atoms with E-state index < -0.39 is 0 Å². The summed E-state index contributed by atoms with van der Waals surface area (Å²) in [5.41, 5.74) is 1.50. The lowest BCUT2D eigenvalue weighted by atomic mass is 10.1. The summed E-state index contributed by atoms with van der Waals surface area (Å²) in [4.78, 5) is 10.2. The molecule has 2 nitrogen and oxygen atoms in total. The molecule has 3 heteroatoms. The highest BCUT2D eigenvalue weighted by Crippen LogP contribution is 2.12. The second kappa shape index (κ2) is 5.50. The third kappa shape index (κ3) is 2.92. The summed E-state index contributed by atoms with van der Waals surface area (Å²) in [5, 5.41) is 0. The van der Waals surface area contributed by atoms with Crippen LogP contribution in [0.1, 0.15) is 17.5 Å². The van der Waals surface area contributed by atoms with E-state index in [4.69, 9.17) is 4.74 Å². The van der Waals surface area contributed by atoms with Crippen molar-refractivity contribution < 1.29 is 13.9 Å². The Balaban J connectivity index is 2.77. The number of ether oxygens (including phenoxy) is 1. The molecule has 0 spiro atoms. The van der Waals surface area contributed by atoms with E-state index in [1.807, 2.05) is 0 Å². The fourth-order valence-electron chi connectivity index (χ4n) is 1.28. The van der Waals surface area contributed by atoms with Crippen LogP contribution in [0, 0.1) is 5.82 Å². The van der Waals surface area contributed by atoms with Crippen molar-refractivity contribution in [1.82, 2.24) is 0 Å². The Kier molecular flexibility index (Phi) is 4.26. The van der Waals surface area contributed by atoms with Crippen molar-refractivity contribution in [3.63, 3.8) is 0 Å². The maximum atomic E-state index is 13.1. The molecule has 1 rings (SSSR count). The average Bonchev–Trinajstić information content (AvgIpc) is 2.19. The van der Waals surface area contributed by atoms with Crippen LogP contribution in [-0.4, -0.2) is 13.4 Å². The highest BCUT2D eigenvalue weighted by molar-refractivity contribution is 5.50. The van der Waals surface area contributed by atoms with Gasteiger partial charge in [-0.1, -0.05) is 12.1 Å². The van der Waals surface area contributed by atoms with Gasteiger partial charge >= 0.3 is 0 Å². The highest BCUT2D eigenvalue weighted by atomic mass is 19.1. The number of benzene rings is 1. The minimum Gasteiger partial charge on any atom is -0.380 e. The number of aldehydes is 1. The zero-order valence-electron chi connectivity index (χ0n) is 8.13. The summed E-state index contributed by atoms with van der Waals surface area (Å²) in [6, 6.07) is 4.84. The molecular formula is C11H13FO2. The Morgan fingerprint density at radius 1 is 1.50 bits per heavy atom. The number of aryl methyl sites for hydroxylation is 1. The van der Waals surface area contributed by atoms with Crippen LogP contribution >= 0.6 is 0 Å². The molecule has 0 aliphatic rings. The summed E-state index contributed by atoms with van der Waals surface area (Å²) >= 11 is 0. The molecular weight excluding hydrogens is 183 g/mol. The molecule has 0 fully saturated rings. The number of hydrogen-bond donors (Lipinski definition) is 0.